The molecule has 0 radical (unpaired) electrons. The van der Waals surface area contributed by atoms with Gasteiger partial charge in [-0.05, 0) is 57.9 Å². The number of para-hydroxylation sites is 1. The van der Waals surface area contributed by atoms with Gasteiger partial charge in [0.05, 0.1) is 20.9 Å². The molecule has 4 nitrogen and oxygen atoms in total. The molecule has 0 atom stereocenters. The molecule has 1 aromatic heterocycles. The van der Waals surface area contributed by atoms with Crippen LogP contribution in [-0.4, -0.2) is 17.1 Å². The van der Waals surface area contributed by atoms with Crippen molar-refractivity contribution < 1.29 is 9.18 Å². The number of fused-ring (bicyclic) bond motifs is 1. The summed E-state index contributed by atoms with van der Waals surface area (Å²) in [7, 11) is 0. The number of aromatic nitrogens is 1. The van der Waals surface area contributed by atoms with Crippen LogP contribution < -0.4 is 5.43 Å². The zero-order chi connectivity index (χ0) is 19.5. The topological polar surface area (TPSA) is 54.4 Å². The second-order valence-electron chi connectivity index (χ2n) is 5.94. The van der Waals surface area contributed by atoms with Crippen LogP contribution in [0.1, 0.15) is 15.9 Å². The van der Waals surface area contributed by atoms with Gasteiger partial charge in [0.15, 0.2) is 0 Å². The van der Waals surface area contributed by atoms with Crippen LogP contribution in [0.3, 0.4) is 0 Å². The Morgan fingerprint density at radius 1 is 1.11 bits per heavy atom. The largest absolute Gasteiger partial charge is 0.271 e. The Balaban J connectivity index is 1.45. The van der Waals surface area contributed by atoms with Crippen molar-refractivity contribution in [1.82, 2.24) is 10.4 Å². The predicted molar refractivity (Wildman–Crippen MR) is 114 cm³/mol. The highest BCUT2D eigenvalue weighted by Gasteiger charge is 2.08. The highest BCUT2D eigenvalue weighted by molar-refractivity contribution is 9.10. The van der Waals surface area contributed by atoms with Crippen LogP contribution >= 0.6 is 27.3 Å². The van der Waals surface area contributed by atoms with Crippen LogP contribution in [0.15, 0.2) is 76.3 Å². The van der Waals surface area contributed by atoms with Crippen LogP contribution in [0.4, 0.5) is 4.39 Å². The molecule has 28 heavy (non-hydrogen) atoms. The van der Waals surface area contributed by atoms with Gasteiger partial charge in [-0.2, -0.15) is 5.10 Å². The molecule has 0 aliphatic carbocycles. The summed E-state index contributed by atoms with van der Waals surface area (Å²) >= 11 is 4.72. The van der Waals surface area contributed by atoms with Gasteiger partial charge in [0.1, 0.15) is 10.8 Å². The molecule has 0 bridgehead atoms. The number of halogens is 2. The number of carbonyl (C=O) groups is 1. The zero-order valence-corrected chi connectivity index (χ0v) is 16.8. The normalized spacial score (nSPS) is 11.2. The van der Waals surface area contributed by atoms with E-state index in [1.54, 1.807) is 35.6 Å². The molecule has 1 heterocycles. The van der Waals surface area contributed by atoms with E-state index in [-0.39, 0.29) is 11.7 Å². The highest BCUT2D eigenvalue weighted by atomic mass is 79.9. The van der Waals surface area contributed by atoms with Crippen molar-refractivity contribution in [3.05, 3.63) is 88.1 Å². The van der Waals surface area contributed by atoms with E-state index in [0.29, 0.717) is 15.6 Å². The second-order valence-corrected chi connectivity index (χ2v) is 7.82. The third kappa shape index (κ3) is 4.00. The third-order valence-corrected chi connectivity index (χ3v) is 5.70. The Kier molecular flexibility index (Phi) is 5.27. The van der Waals surface area contributed by atoms with Crippen LogP contribution in [0.5, 0.6) is 0 Å². The number of benzene rings is 3. The molecule has 0 saturated heterocycles. The molecule has 0 unspecified atom stereocenters. The molecular formula is C21H13BrFN3OS. The fourth-order valence-electron chi connectivity index (χ4n) is 2.58. The fourth-order valence-corrected chi connectivity index (χ4v) is 3.95. The summed E-state index contributed by atoms with van der Waals surface area (Å²) in [6.07, 6.45) is 1.46. The summed E-state index contributed by atoms with van der Waals surface area (Å²) in [5, 5.41) is 4.83. The molecule has 0 spiro atoms. The van der Waals surface area contributed by atoms with Crippen molar-refractivity contribution in [2.45, 2.75) is 0 Å². The minimum absolute atomic E-state index is 0.326. The molecule has 1 N–H and O–H groups in total. The standard InChI is InChI=1S/C21H13BrFN3OS/c22-16-11-13(5-10-17(16)23)12-24-26-20(27)14-6-8-15(9-7-14)21-25-18-3-1-2-4-19(18)28-21/h1-12H,(H,26,27)/b24-12+. The number of carbonyl (C=O) groups excluding carboxylic acids is 1. The summed E-state index contributed by atoms with van der Waals surface area (Å²) in [6.45, 7) is 0. The Labute approximate surface area is 172 Å². The van der Waals surface area contributed by atoms with Crippen molar-refractivity contribution in [3.63, 3.8) is 0 Å². The fraction of sp³-hybridized carbons (Fsp3) is 0. The first-order chi connectivity index (χ1) is 13.6. The molecule has 138 valence electrons. The zero-order valence-electron chi connectivity index (χ0n) is 14.4. The minimum Gasteiger partial charge on any atom is -0.267 e. The van der Waals surface area contributed by atoms with Gasteiger partial charge >= 0.3 is 0 Å². The van der Waals surface area contributed by atoms with E-state index in [1.807, 2.05) is 36.4 Å². The maximum atomic E-state index is 13.2. The van der Waals surface area contributed by atoms with E-state index in [9.17, 15) is 9.18 Å². The average Bonchev–Trinajstić information content (AvgIpc) is 3.15. The molecule has 7 heteroatoms. The van der Waals surface area contributed by atoms with E-state index in [4.69, 9.17) is 0 Å². The molecule has 4 rings (SSSR count). The minimum atomic E-state index is -0.352. The third-order valence-electron chi connectivity index (χ3n) is 4.01. The molecule has 0 aliphatic rings. The summed E-state index contributed by atoms with van der Waals surface area (Å²) in [4.78, 5) is 16.9. The van der Waals surface area contributed by atoms with Crippen molar-refractivity contribution in [3.8, 4) is 10.6 Å². The number of hydrazone groups is 1. The van der Waals surface area contributed by atoms with E-state index >= 15 is 0 Å². The number of thiazole rings is 1. The summed E-state index contributed by atoms with van der Waals surface area (Å²) in [6, 6.07) is 19.7. The highest BCUT2D eigenvalue weighted by Crippen LogP contribution is 2.30. The summed E-state index contributed by atoms with van der Waals surface area (Å²) in [5.74, 6) is -0.678. The number of hydrogen-bond donors (Lipinski definition) is 1. The number of nitrogens with zero attached hydrogens (tertiary/aromatic N) is 2. The second kappa shape index (κ2) is 8.00. The van der Waals surface area contributed by atoms with Crippen molar-refractivity contribution in [2.75, 3.05) is 0 Å². The molecular weight excluding hydrogens is 441 g/mol. The summed E-state index contributed by atoms with van der Waals surface area (Å²) < 4.78 is 14.7. The van der Waals surface area contributed by atoms with Gasteiger partial charge in [0.2, 0.25) is 0 Å². The monoisotopic (exact) mass is 453 g/mol. The first kappa shape index (κ1) is 18.5. The van der Waals surface area contributed by atoms with Gasteiger partial charge in [-0.1, -0.05) is 30.3 Å². The van der Waals surface area contributed by atoms with Crippen LogP contribution in [-0.2, 0) is 0 Å². The van der Waals surface area contributed by atoms with Crippen molar-refractivity contribution in [1.29, 1.82) is 0 Å². The van der Waals surface area contributed by atoms with Crippen molar-refractivity contribution in [2.24, 2.45) is 5.10 Å². The molecule has 1 amide bonds. The van der Waals surface area contributed by atoms with Gasteiger partial charge in [0, 0.05) is 11.1 Å². The van der Waals surface area contributed by atoms with Gasteiger partial charge in [-0.15, -0.1) is 11.3 Å². The van der Waals surface area contributed by atoms with Crippen molar-refractivity contribution >= 4 is 49.6 Å². The maximum absolute atomic E-state index is 13.2. The van der Waals surface area contributed by atoms with E-state index in [0.717, 1.165) is 20.8 Å². The van der Waals surface area contributed by atoms with E-state index < -0.39 is 0 Å². The van der Waals surface area contributed by atoms with E-state index in [1.165, 1.54) is 12.3 Å². The number of hydrogen-bond acceptors (Lipinski definition) is 4. The molecule has 3 aromatic carbocycles. The maximum Gasteiger partial charge on any atom is 0.271 e. The Morgan fingerprint density at radius 2 is 1.89 bits per heavy atom. The lowest BCUT2D eigenvalue weighted by molar-refractivity contribution is 0.0955. The quantitative estimate of drug-likeness (QED) is 0.321. The number of rotatable bonds is 4. The lowest BCUT2D eigenvalue weighted by Crippen LogP contribution is -2.17. The predicted octanol–water partition coefficient (Wildman–Crippen LogP) is 5.63. The van der Waals surface area contributed by atoms with Gasteiger partial charge in [-0.25, -0.2) is 14.8 Å². The Hall–Kier alpha value is -2.90. The lowest BCUT2D eigenvalue weighted by Gasteiger charge is -2.02. The number of nitrogens with one attached hydrogen (secondary N) is 1. The first-order valence-electron chi connectivity index (χ1n) is 8.34. The molecule has 0 fully saturated rings. The SMILES string of the molecule is O=C(N/N=C/c1ccc(F)c(Br)c1)c1ccc(-c2nc3ccccc3s2)cc1. The molecule has 0 aliphatic heterocycles. The Morgan fingerprint density at radius 3 is 2.64 bits per heavy atom. The van der Waals surface area contributed by atoms with Gasteiger partial charge in [-0.3, -0.25) is 4.79 Å². The lowest BCUT2D eigenvalue weighted by atomic mass is 10.1. The van der Waals surface area contributed by atoms with Gasteiger partial charge in [0.25, 0.3) is 5.91 Å². The van der Waals surface area contributed by atoms with Crippen LogP contribution in [0, 0.1) is 5.82 Å². The van der Waals surface area contributed by atoms with Crippen LogP contribution in [0.2, 0.25) is 0 Å². The molecule has 4 aromatic rings. The smallest absolute Gasteiger partial charge is 0.267 e. The number of amides is 1. The van der Waals surface area contributed by atoms with Gasteiger partial charge < -0.3 is 0 Å². The molecule has 0 saturated carbocycles. The summed E-state index contributed by atoms with van der Waals surface area (Å²) in [5.41, 5.74) is 5.55. The van der Waals surface area contributed by atoms with E-state index in [2.05, 4.69) is 31.4 Å². The Bertz CT molecular complexity index is 1150. The first-order valence-corrected chi connectivity index (χ1v) is 9.95. The average molecular weight is 454 g/mol. The van der Waals surface area contributed by atoms with Crippen LogP contribution in [0.25, 0.3) is 20.8 Å².